The minimum absolute atomic E-state index is 0.0866. The first kappa shape index (κ1) is 38.8. The van der Waals surface area contributed by atoms with E-state index >= 15 is 0 Å². The lowest BCUT2D eigenvalue weighted by atomic mass is 10.0. The predicted octanol–water partition coefficient (Wildman–Crippen LogP) is 2.39. The number of nitrogens with two attached hydrogens (primary N) is 1. The molecule has 0 spiro atoms. The molecule has 1 aliphatic rings. The molecule has 2 aromatic carbocycles. The second-order valence-electron chi connectivity index (χ2n) is 11.9. The van der Waals surface area contributed by atoms with Gasteiger partial charge < -0.3 is 46.9 Å². The normalized spacial score (nSPS) is 13.0. The Hall–Kier alpha value is -5.40. The van der Waals surface area contributed by atoms with Crippen molar-refractivity contribution < 1.29 is 34.1 Å². The number of piperazine rings is 1. The molecule has 0 bridgehead atoms. The number of hydrogen-bond acceptors (Lipinski definition) is 14. The first-order chi connectivity index (χ1) is 25.4. The van der Waals surface area contributed by atoms with Gasteiger partial charge in [-0.2, -0.15) is 0 Å². The maximum absolute atomic E-state index is 12.9. The van der Waals surface area contributed by atoms with Crippen LogP contribution in [0.5, 0.6) is 5.75 Å². The lowest BCUT2D eigenvalue weighted by molar-refractivity contribution is -0.127. The fraction of sp³-hybridized carbons (Fsp3) is 0.324. The van der Waals surface area contributed by atoms with Gasteiger partial charge in [0.15, 0.2) is 10.9 Å². The van der Waals surface area contributed by atoms with E-state index in [1.54, 1.807) is 13.0 Å². The summed E-state index contributed by atoms with van der Waals surface area (Å²) in [5.41, 5.74) is 6.40. The highest BCUT2D eigenvalue weighted by molar-refractivity contribution is 7.17. The van der Waals surface area contributed by atoms with Crippen LogP contribution in [-0.4, -0.2) is 106 Å². The Morgan fingerprint density at radius 1 is 1.04 bits per heavy atom. The number of hydrogen-bond donors (Lipinski definition) is 7. The summed E-state index contributed by atoms with van der Waals surface area (Å²) < 4.78 is 5.51. The van der Waals surface area contributed by atoms with Crippen LogP contribution in [-0.2, 0) is 20.9 Å². The van der Waals surface area contributed by atoms with E-state index in [1.165, 1.54) is 29.7 Å². The van der Waals surface area contributed by atoms with E-state index in [1.807, 2.05) is 25.1 Å². The molecule has 280 valence electrons. The van der Waals surface area contributed by atoms with Crippen LogP contribution in [0.1, 0.15) is 37.0 Å². The molecule has 3 heterocycles. The number of phenols is 1. The fourth-order valence-electron chi connectivity index (χ4n) is 5.41. The zero-order valence-electron chi connectivity index (χ0n) is 28.9. The van der Waals surface area contributed by atoms with Crippen molar-refractivity contribution in [2.24, 2.45) is 5.73 Å². The average Bonchev–Trinajstić information content (AvgIpc) is 3.60. The van der Waals surface area contributed by atoms with E-state index in [-0.39, 0.29) is 29.3 Å². The van der Waals surface area contributed by atoms with E-state index in [9.17, 15) is 29.4 Å². The number of primary amides is 1. The Morgan fingerprint density at radius 3 is 2.53 bits per heavy atom. The monoisotopic (exact) mass is 766 g/mol. The van der Waals surface area contributed by atoms with Gasteiger partial charge in [-0.1, -0.05) is 41.1 Å². The van der Waals surface area contributed by atoms with Gasteiger partial charge in [-0.25, -0.2) is 15.0 Å². The molecule has 0 saturated carbocycles. The molecule has 0 aliphatic carbocycles. The number of aliphatic hydroxyl groups excluding tert-OH is 1. The zero-order valence-corrected chi connectivity index (χ0v) is 30.5. The molecular formula is C34H39ClN10O7S. The Morgan fingerprint density at radius 2 is 1.81 bits per heavy atom. The van der Waals surface area contributed by atoms with Crippen molar-refractivity contribution in [2.75, 3.05) is 73.3 Å². The Bertz CT molecular complexity index is 1970. The van der Waals surface area contributed by atoms with Gasteiger partial charge >= 0.3 is 0 Å². The van der Waals surface area contributed by atoms with Crippen LogP contribution in [0.15, 0.2) is 42.6 Å². The highest BCUT2D eigenvalue weighted by Crippen LogP contribution is 2.31. The number of nitrogens with one attached hydrogen (secondary N) is 4. The zero-order chi connectivity index (χ0) is 38.1. The second kappa shape index (κ2) is 17.9. The van der Waals surface area contributed by atoms with Crippen molar-refractivity contribution in [3.63, 3.8) is 0 Å². The van der Waals surface area contributed by atoms with Gasteiger partial charge in [-0.05, 0) is 37.1 Å². The van der Waals surface area contributed by atoms with Gasteiger partial charge in [0.05, 0.1) is 47.9 Å². The number of carbonyl (C=O) groups excluding carboxylic acids is 4. The van der Waals surface area contributed by atoms with Crippen molar-refractivity contribution in [1.29, 1.82) is 0 Å². The fourth-order valence-corrected chi connectivity index (χ4v) is 6.40. The van der Waals surface area contributed by atoms with Crippen LogP contribution in [0.25, 0.3) is 0 Å². The quantitative estimate of drug-likeness (QED) is 0.0681. The Kier molecular flexibility index (Phi) is 13.1. The maximum Gasteiger partial charge on any atom is 0.267 e. The first-order valence-electron chi connectivity index (χ1n) is 16.4. The third-order valence-electron chi connectivity index (χ3n) is 8.13. The van der Waals surface area contributed by atoms with Crippen molar-refractivity contribution >= 4 is 74.7 Å². The second-order valence-corrected chi connectivity index (χ2v) is 13.4. The van der Waals surface area contributed by atoms with Crippen LogP contribution < -0.4 is 31.9 Å². The molecule has 4 aromatic rings. The number of rotatable bonds is 15. The minimum Gasteiger partial charge on any atom is -0.505 e. The molecule has 0 atom stereocenters. The first-order valence-corrected chi connectivity index (χ1v) is 17.6. The third kappa shape index (κ3) is 10.4. The van der Waals surface area contributed by atoms with E-state index < -0.39 is 36.6 Å². The van der Waals surface area contributed by atoms with Gasteiger partial charge in [0.25, 0.3) is 11.8 Å². The topological polar surface area (TPSA) is 237 Å². The molecule has 8 N–H and O–H groups in total. The number of aromatic hydroxyl groups is 1. The number of carbonyl (C=O) groups is 4. The number of anilines is 5. The summed E-state index contributed by atoms with van der Waals surface area (Å²) in [6.45, 7) is 6.27. The SMILES string of the molecule is Cc1nc(Nc2ncc(C(=O)Nc3c(C)cccc3Cl)s2)cc(N2CCN(CCOCC(=O)NCC(=O)Nc3ccc(CO)c(C(N)=O)c3O)CC2)n1. The van der Waals surface area contributed by atoms with Crippen molar-refractivity contribution in [3.05, 3.63) is 75.0 Å². The summed E-state index contributed by atoms with van der Waals surface area (Å²) in [7, 11) is 0. The standard InChI is InChI=1S/C34H39ClN10O7S/c1-19-4-3-5-22(35)30(19)43-33(51)24-15-38-34(53-24)42-25-14-26(40-20(2)39-25)45-10-8-44(9-11-45)12-13-52-18-28(48)37-16-27(47)41-23-7-6-21(17-46)29(31(23)49)32(36)50/h3-7,14-15,46,49H,8-13,16-18H2,1-2H3,(H2,36,50)(H,37,48)(H,41,47)(H,43,51)(H,38,39,40,42). The Balaban J connectivity index is 1.02. The lowest BCUT2D eigenvalue weighted by Gasteiger charge is -2.35. The lowest BCUT2D eigenvalue weighted by Crippen LogP contribution is -2.47. The molecule has 5 rings (SSSR count). The highest BCUT2D eigenvalue weighted by Gasteiger charge is 2.21. The van der Waals surface area contributed by atoms with E-state index in [4.69, 9.17) is 22.1 Å². The number of nitrogens with zero attached hydrogens (tertiary/aromatic N) is 5. The Labute approximate surface area is 313 Å². The number of amides is 4. The highest BCUT2D eigenvalue weighted by atomic mass is 35.5. The number of thiazole rings is 1. The predicted molar refractivity (Wildman–Crippen MR) is 200 cm³/mol. The number of aliphatic hydroxyl groups is 1. The number of halogens is 1. The van der Waals surface area contributed by atoms with Crippen LogP contribution in [0.2, 0.25) is 5.02 Å². The summed E-state index contributed by atoms with van der Waals surface area (Å²) in [5, 5.41) is 31.5. The van der Waals surface area contributed by atoms with Crippen molar-refractivity contribution in [3.8, 4) is 5.75 Å². The maximum atomic E-state index is 12.9. The van der Waals surface area contributed by atoms with Gasteiger partial charge in [-0.15, -0.1) is 0 Å². The van der Waals surface area contributed by atoms with Gasteiger partial charge in [0.1, 0.15) is 28.9 Å². The molecule has 4 amide bonds. The molecule has 53 heavy (non-hydrogen) atoms. The summed E-state index contributed by atoms with van der Waals surface area (Å²) >= 11 is 7.45. The third-order valence-corrected chi connectivity index (χ3v) is 9.36. The van der Waals surface area contributed by atoms with Crippen LogP contribution in [0.3, 0.4) is 0 Å². The molecule has 2 aromatic heterocycles. The minimum atomic E-state index is -0.962. The molecule has 19 heteroatoms. The van der Waals surface area contributed by atoms with Crippen LogP contribution in [0.4, 0.5) is 28.1 Å². The summed E-state index contributed by atoms with van der Waals surface area (Å²) in [6.07, 6.45) is 1.50. The molecular weight excluding hydrogens is 728 g/mol. The van der Waals surface area contributed by atoms with Crippen LogP contribution in [0, 0.1) is 13.8 Å². The van der Waals surface area contributed by atoms with E-state index in [0.717, 1.165) is 24.5 Å². The van der Waals surface area contributed by atoms with E-state index in [2.05, 4.69) is 46.0 Å². The summed E-state index contributed by atoms with van der Waals surface area (Å²) in [4.78, 5) is 67.2. The number of benzene rings is 2. The van der Waals surface area contributed by atoms with Crippen LogP contribution >= 0.6 is 22.9 Å². The number of aromatic nitrogens is 3. The molecule has 1 saturated heterocycles. The van der Waals surface area contributed by atoms with E-state index in [0.29, 0.717) is 58.6 Å². The summed E-state index contributed by atoms with van der Waals surface area (Å²) in [6, 6.07) is 9.91. The number of ether oxygens (including phenoxy) is 1. The molecule has 17 nitrogen and oxygen atoms in total. The molecule has 1 aliphatic heterocycles. The largest absolute Gasteiger partial charge is 0.505 e. The molecule has 0 unspecified atom stereocenters. The van der Waals surface area contributed by atoms with Gasteiger partial charge in [0.2, 0.25) is 11.8 Å². The average molecular weight is 767 g/mol. The van der Waals surface area contributed by atoms with Crippen molar-refractivity contribution in [2.45, 2.75) is 20.5 Å². The molecule has 1 fully saturated rings. The summed E-state index contributed by atoms with van der Waals surface area (Å²) in [5.74, 6) is -1.12. The van der Waals surface area contributed by atoms with Crippen molar-refractivity contribution in [1.82, 2.24) is 25.2 Å². The smallest absolute Gasteiger partial charge is 0.267 e. The number of aryl methyl sites for hydroxylation is 2. The molecule has 0 radical (unpaired) electrons. The van der Waals surface area contributed by atoms with Gasteiger partial charge in [0, 0.05) is 38.8 Å². The number of para-hydroxylation sites is 1. The van der Waals surface area contributed by atoms with Gasteiger partial charge in [-0.3, -0.25) is 24.1 Å².